The monoisotopic (exact) mass is 540 g/mol. The van der Waals surface area contributed by atoms with Crippen molar-refractivity contribution in [3.63, 3.8) is 0 Å². The van der Waals surface area contributed by atoms with E-state index in [2.05, 4.69) is 23.1 Å². The molecule has 2 rings (SSSR count). The summed E-state index contributed by atoms with van der Waals surface area (Å²) < 4.78 is 63.4. The SMILES string of the molecule is Nc1ncn([C@@H]2O[C@H](COP(=O)(O)OP(=O)(O)OP(=O)(O)O)[C@H](O)C2(O)C#CCF)c(=O)n1. The van der Waals surface area contributed by atoms with E-state index in [0.29, 0.717) is 4.57 Å². The molecular formula is C11H16FN4O14P3. The molecular weight excluding hydrogens is 524 g/mol. The first-order valence-corrected chi connectivity index (χ1v) is 12.6. The number of phosphoric acid groups is 3. The molecule has 1 saturated heterocycles. The van der Waals surface area contributed by atoms with E-state index in [-0.39, 0.29) is 0 Å². The molecule has 1 aliphatic rings. The van der Waals surface area contributed by atoms with Crippen molar-refractivity contribution in [1.82, 2.24) is 14.5 Å². The molecule has 18 nitrogen and oxygen atoms in total. The summed E-state index contributed by atoms with van der Waals surface area (Å²) in [6, 6.07) is 0. The van der Waals surface area contributed by atoms with E-state index >= 15 is 0 Å². The van der Waals surface area contributed by atoms with Crippen LogP contribution >= 0.6 is 23.5 Å². The highest BCUT2D eigenvalue weighted by molar-refractivity contribution is 7.66. The Morgan fingerprint density at radius 1 is 1.24 bits per heavy atom. The molecule has 0 spiro atoms. The zero-order chi connectivity index (χ0) is 25.2. The van der Waals surface area contributed by atoms with Crippen LogP contribution in [0.5, 0.6) is 0 Å². The van der Waals surface area contributed by atoms with E-state index in [1.54, 1.807) is 0 Å². The minimum absolute atomic E-state index is 0.461. The number of nitrogens with two attached hydrogens (primary N) is 1. The Balaban J connectivity index is 2.26. The molecule has 0 bridgehead atoms. The highest BCUT2D eigenvalue weighted by Gasteiger charge is 2.57. The summed E-state index contributed by atoms with van der Waals surface area (Å²) in [4.78, 5) is 54.4. The largest absolute Gasteiger partial charge is 0.490 e. The van der Waals surface area contributed by atoms with Crippen molar-refractivity contribution in [3.8, 4) is 11.8 Å². The van der Waals surface area contributed by atoms with Gasteiger partial charge in [-0.1, -0.05) is 11.8 Å². The van der Waals surface area contributed by atoms with Crippen LogP contribution in [0, 0.1) is 11.8 Å². The second-order valence-corrected chi connectivity index (χ2v) is 10.4. The first-order valence-electron chi connectivity index (χ1n) is 8.10. The summed E-state index contributed by atoms with van der Waals surface area (Å²) in [5, 5.41) is 21.1. The summed E-state index contributed by atoms with van der Waals surface area (Å²) >= 11 is 0. The van der Waals surface area contributed by atoms with Crippen molar-refractivity contribution in [2.45, 2.75) is 24.0 Å². The number of aromatic nitrogens is 3. The maximum absolute atomic E-state index is 12.5. The van der Waals surface area contributed by atoms with Gasteiger partial charge in [-0.05, 0) is 0 Å². The molecule has 2 heterocycles. The number of phosphoric ester groups is 1. The number of anilines is 1. The molecule has 0 saturated carbocycles. The number of rotatable bonds is 8. The third-order valence-corrected chi connectivity index (χ3v) is 7.46. The molecule has 8 N–H and O–H groups in total. The summed E-state index contributed by atoms with van der Waals surface area (Å²) in [5.74, 6) is 3.30. The topological polar surface area (TPSA) is 283 Å². The molecule has 22 heteroatoms. The molecule has 33 heavy (non-hydrogen) atoms. The smallest absolute Gasteiger partial charge is 0.386 e. The number of hydrogen-bond donors (Lipinski definition) is 7. The molecule has 0 amide bonds. The summed E-state index contributed by atoms with van der Waals surface area (Å²) in [6.07, 6.45) is -5.15. The van der Waals surface area contributed by atoms with Gasteiger partial charge in [0.05, 0.1) is 6.61 Å². The zero-order valence-corrected chi connectivity index (χ0v) is 18.5. The Hall–Kier alpha value is -1.61. The molecule has 0 aliphatic carbocycles. The summed E-state index contributed by atoms with van der Waals surface area (Å²) in [5.41, 5.74) is 1.38. The Morgan fingerprint density at radius 3 is 2.42 bits per heavy atom. The maximum atomic E-state index is 12.5. The average Bonchev–Trinajstić information content (AvgIpc) is 2.87. The number of hydrogen-bond acceptors (Lipinski definition) is 13. The normalized spacial score (nSPS) is 29.0. The lowest BCUT2D eigenvalue weighted by molar-refractivity contribution is -0.0766. The minimum Gasteiger partial charge on any atom is -0.386 e. The fourth-order valence-corrected chi connectivity index (χ4v) is 5.51. The fraction of sp³-hybridized carbons (Fsp3) is 0.545. The quantitative estimate of drug-likeness (QED) is 0.133. The third-order valence-electron chi connectivity index (χ3n) is 3.65. The van der Waals surface area contributed by atoms with Gasteiger partial charge in [-0.2, -0.15) is 13.6 Å². The van der Waals surface area contributed by atoms with Crippen LogP contribution in [0.25, 0.3) is 0 Å². The van der Waals surface area contributed by atoms with Gasteiger partial charge in [-0.25, -0.2) is 27.9 Å². The van der Waals surface area contributed by atoms with Gasteiger partial charge in [0.25, 0.3) is 0 Å². The van der Waals surface area contributed by atoms with Crippen molar-refractivity contribution in [3.05, 3.63) is 16.8 Å². The molecule has 0 radical (unpaired) electrons. The maximum Gasteiger partial charge on any atom is 0.490 e. The van der Waals surface area contributed by atoms with Gasteiger partial charge in [0, 0.05) is 0 Å². The molecule has 6 atom stereocenters. The molecule has 1 aliphatic heterocycles. The molecule has 1 aromatic heterocycles. The Labute approximate surface area is 182 Å². The molecule has 0 aromatic carbocycles. The van der Waals surface area contributed by atoms with Crippen molar-refractivity contribution in [2.75, 3.05) is 19.0 Å². The van der Waals surface area contributed by atoms with Crippen LogP contribution in [0.15, 0.2) is 11.1 Å². The number of halogens is 1. The Kier molecular flexibility index (Phi) is 8.32. The van der Waals surface area contributed by atoms with E-state index in [4.69, 9.17) is 25.2 Å². The standard InChI is InChI=1S/C11H16FN4O14P3/c12-3-1-2-11(19)7(17)6(28-8(11)16-5-14-9(13)15-10(16)18)4-27-32(23,24)30-33(25,26)29-31(20,21)22/h5-8,17,19H,3-4H2,(H,23,24)(H,25,26)(H2,13,15,18)(H2,20,21,22)/t6-,7+,8-,11?/m1/s1. The van der Waals surface area contributed by atoms with E-state index < -0.39 is 72.4 Å². The van der Waals surface area contributed by atoms with E-state index in [0.717, 1.165) is 6.33 Å². The minimum atomic E-state index is -5.82. The average molecular weight is 540 g/mol. The summed E-state index contributed by atoms with van der Waals surface area (Å²) in [7, 11) is -17.0. The molecule has 3 unspecified atom stereocenters. The number of aliphatic hydroxyl groups is 2. The number of alkyl halides is 1. The second-order valence-electron chi connectivity index (χ2n) is 6.02. The Morgan fingerprint density at radius 2 is 1.88 bits per heavy atom. The predicted molar refractivity (Wildman–Crippen MR) is 99.1 cm³/mol. The van der Waals surface area contributed by atoms with Crippen LogP contribution < -0.4 is 11.4 Å². The van der Waals surface area contributed by atoms with Crippen LogP contribution in [0.1, 0.15) is 6.23 Å². The zero-order valence-electron chi connectivity index (χ0n) is 15.8. The van der Waals surface area contributed by atoms with E-state index in [9.17, 15) is 38.0 Å². The first-order chi connectivity index (χ1) is 15.0. The highest BCUT2D eigenvalue weighted by Crippen LogP contribution is 2.66. The van der Waals surface area contributed by atoms with Crippen molar-refractivity contribution < 1.29 is 65.8 Å². The molecule has 186 valence electrons. The number of ether oxygens (including phenoxy) is 1. The molecule has 1 aromatic rings. The van der Waals surface area contributed by atoms with E-state index in [1.165, 1.54) is 0 Å². The van der Waals surface area contributed by atoms with Gasteiger partial charge in [-0.3, -0.25) is 9.09 Å². The lowest BCUT2D eigenvalue weighted by atomic mass is 9.94. The van der Waals surface area contributed by atoms with Gasteiger partial charge < -0.3 is 40.3 Å². The lowest BCUT2D eigenvalue weighted by Gasteiger charge is -2.26. The van der Waals surface area contributed by atoms with E-state index in [1.807, 2.05) is 11.8 Å². The van der Waals surface area contributed by atoms with Crippen molar-refractivity contribution in [1.29, 1.82) is 0 Å². The van der Waals surface area contributed by atoms with Crippen LogP contribution in [0.4, 0.5) is 10.3 Å². The lowest BCUT2D eigenvalue weighted by Crippen LogP contribution is -2.48. The van der Waals surface area contributed by atoms with Crippen LogP contribution in [-0.4, -0.2) is 75.4 Å². The number of aliphatic hydroxyl groups excluding tert-OH is 1. The van der Waals surface area contributed by atoms with Gasteiger partial charge in [0.1, 0.15) is 25.2 Å². The highest BCUT2D eigenvalue weighted by atomic mass is 31.3. The summed E-state index contributed by atoms with van der Waals surface area (Å²) in [6.45, 7) is -2.49. The predicted octanol–water partition coefficient (Wildman–Crippen LogP) is -2.47. The van der Waals surface area contributed by atoms with Gasteiger partial charge in [0.15, 0.2) is 11.8 Å². The number of nitrogen functional groups attached to an aromatic ring is 1. The van der Waals surface area contributed by atoms with Crippen LogP contribution in [0.3, 0.4) is 0 Å². The van der Waals surface area contributed by atoms with Crippen molar-refractivity contribution >= 4 is 29.4 Å². The second kappa shape index (κ2) is 9.94. The first kappa shape index (κ1) is 27.6. The van der Waals surface area contributed by atoms with Gasteiger partial charge >= 0.3 is 29.2 Å². The molecule has 1 fully saturated rings. The van der Waals surface area contributed by atoms with Crippen LogP contribution in [-0.2, 0) is 31.6 Å². The van der Waals surface area contributed by atoms with Gasteiger partial charge in [0.2, 0.25) is 5.95 Å². The van der Waals surface area contributed by atoms with Crippen molar-refractivity contribution in [2.24, 2.45) is 0 Å². The Bertz CT molecular complexity index is 1150. The number of nitrogens with zero attached hydrogens (tertiary/aromatic N) is 3. The fourth-order valence-electron chi connectivity index (χ4n) is 2.48. The van der Waals surface area contributed by atoms with Crippen LogP contribution in [0.2, 0.25) is 0 Å². The third kappa shape index (κ3) is 7.18. The van der Waals surface area contributed by atoms with Gasteiger partial charge in [-0.15, -0.1) is 0 Å².